The summed E-state index contributed by atoms with van der Waals surface area (Å²) in [4.78, 5) is 15.8. The first-order valence-corrected chi connectivity index (χ1v) is 9.55. The maximum atomic E-state index is 6.07. The van der Waals surface area contributed by atoms with Crippen LogP contribution in [0.25, 0.3) is 0 Å². The van der Waals surface area contributed by atoms with Crippen molar-refractivity contribution < 1.29 is 0 Å². The smallest absolute Gasteiger partial charge is 0.134 e. The summed E-state index contributed by atoms with van der Waals surface area (Å²) in [5.41, 5.74) is 4.67. The number of benzene rings is 1. The monoisotopic (exact) mass is 379 g/mol. The van der Waals surface area contributed by atoms with Gasteiger partial charge in [-0.1, -0.05) is 29.8 Å². The minimum atomic E-state index is 0.770. The molecule has 4 rings (SSSR count). The van der Waals surface area contributed by atoms with Crippen molar-refractivity contribution in [3.8, 4) is 0 Å². The molecule has 1 aliphatic rings. The molecule has 1 N–H and O–H groups in total. The van der Waals surface area contributed by atoms with E-state index in [1.165, 1.54) is 11.1 Å². The molecule has 1 aliphatic heterocycles. The molecule has 3 aromatic rings. The van der Waals surface area contributed by atoms with Gasteiger partial charge in [-0.3, -0.25) is 0 Å². The van der Waals surface area contributed by atoms with Gasteiger partial charge in [-0.05, 0) is 42.7 Å². The molecule has 0 radical (unpaired) electrons. The quantitative estimate of drug-likeness (QED) is 0.724. The van der Waals surface area contributed by atoms with Crippen molar-refractivity contribution in [2.24, 2.45) is 0 Å². The number of nitrogens with one attached hydrogen (secondary N) is 1. The van der Waals surface area contributed by atoms with E-state index in [-0.39, 0.29) is 0 Å². The Kier molecular flexibility index (Phi) is 5.21. The van der Waals surface area contributed by atoms with Crippen molar-refractivity contribution in [1.29, 1.82) is 0 Å². The zero-order valence-corrected chi connectivity index (χ0v) is 16.1. The minimum absolute atomic E-state index is 0.770. The molecule has 0 saturated heterocycles. The van der Waals surface area contributed by atoms with E-state index in [4.69, 9.17) is 11.6 Å². The summed E-state index contributed by atoms with van der Waals surface area (Å²) in [6.07, 6.45) is 5.36. The maximum Gasteiger partial charge on any atom is 0.134 e. The van der Waals surface area contributed by atoms with Gasteiger partial charge >= 0.3 is 0 Å². The lowest BCUT2D eigenvalue weighted by molar-refractivity contribution is 0.697. The molecule has 0 amide bonds. The Morgan fingerprint density at radius 2 is 2.07 bits per heavy atom. The summed E-state index contributed by atoms with van der Waals surface area (Å²) >= 11 is 6.07. The minimum Gasteiger partial charge on any atom is -0.369 e. The van der Waals surface area contributed by atoms with Gasteiger partial charge in [0, 0.05) is 42.8 Å². The molecule has 0 atom stereocenters. The second-order valence-electron chi connectivity index (χ2n) is 6.82. The lowest BCUT2D eigenvalue weighted by atomic mass is 10.1. The van der Waals surface area contributed by atoms with Crippen LogP contribution in [-0.4, -0.2) is 28.0 Å². The molecule has 0 unspecified atom stereocenters. The highest BCUT2D eigenvalue weighted by Crippen LogP contribution is 2.26. The van der Waals surface area contributed by atoms with Gasteiger partial charge in [0.15, 0.2) is 0 Å². The summed E-state index contributed by atoms with van der Waals surface area (Å²) in [7, 11) is 0. The fraction of sp³-hybridized carbons (Fsp3) is 0.286. The summed E-state index contributed by atoms with van der Waals surface area (Å²) < 4.78 is 0. The first kappa shape index (κ1) is 17.7. The molecular weight excluding hydrogens is 358 g/mol. The van der Waals surface area contributed by atoms with E-state index >= 15 is 0 Å². The molecule has 0 aliphatic carbocycles. The topological polar surface area (TPSA) is 53.9 Å². The second kappa shape index (κ2) is 7.92. The molecule has 0 bridgehead atoms. The largest absolute Gasteiger partial charge is 0.369 e. The Labute approximate surface area is 164 Å². The average molecular weight is 380 g/mol. The molecule has 3 heterocycles. The van der Waals surface area contributed by atoms with E-state index in [9.17, 15) is 0 Å². The fourth-order valence-electron chi connectivity index (χ4n) is 3.35. The lowest BCUT2D eigenvalue weighted by Crippen LogP contribution is -2.32. The number of hydrogen-bond acceptors (Lipinski definition) is 5. The van der Waals surface area contributed by atoms with Crippen LogP contribution in [0.5, 0.6) is 0 Å². The Bertz CT molecular complexity index is 926. The number of fused-ring (bicyclic) bond motifs is 1. The van der Waals surface area contributed by atoms with Crippen LogP contribution in [0.3, 0.4) is 0 Å². The summed E-state index contributed by atoms with van der Waals surface area (Å²) in [5.74, 6) is 1.92. The molecule has 5 nitrogen and oxygen atoms in total. The Morgan fingerprint density at radius 1 is 1.15 bits per heavy atom. The normalized spacial score (nSPS) is 13.3. The number of aromatic nitrogens is 3. The van der Waals surface area contributed by atoms with E-state index < -0.39 is 0 Å². The predicted octanol–water partition coefficient (Wildman–Crippen LogP) is 4.05. The van der Waals surface area contributed by atoms with Crippen LogP contribution < -0.4 is 10.2 Å². The highest BCUT2D eigenvalue weighted by atomic mass is 35.5. The number of hydrogen-bond donors (Lipinski definition) is 1. The van der Waals surface area contributed by atoms with Gasteiger partial charge in [0.05, 0.1) is 5.69 Å². The average Bonchev–Trinajstić information content (AvgIpc) is 2.68. The highest BCUT2D eigenvalue weighted by Gasteiger charge is 2.21. The third-order valence-electron chi connectivity index (χ3n) is 4.82. The number of aryl methyl sites for hydroxylation is 1. The van der Waals surface area contributed by atoms with Gasteiger partial charge in [0.25, 0.3) is 0 Å². The third-order valence-corrected chi connectivity index (χ3v) is 5.05. The molecule has 2 aromatic heterocycles. The van der Waals surface area contributed by atoms with Crippen LogP contribution in [-0.2, 0) is 19.4 Å². The van der Waals surface area contributed by atoms with Gasteiger partial charge in [-0.25, -0.2) is 15.0 Å². The molecule has 0 spiro atoms. The predicted molar refractivity (Wildman–Crippen MR) is 109 cm³/mol. The molecular formula is C21H22ClN5. The number of nitrogens with zero attached hydrogens (tertiary/aromatic N) is 4. The summed E-state index contributed by atoms with van der Waals surface area (Å²) in [6, 6.07) is 12.2. The van der Waals surface area contributed by atoms with Crippen LogP contribution in [0.4, 0.5) is 11.6 Å². The Hall–Kier alpha value is -2.66. The zero-order chi connectivity index (χ0) is 18.6. The molecule has 27 heavy (non-hydrogen) atoms. The van der Waals surface area contributed by atoms with Crippen molar-refractivity contribution in [3.05, 3.63) is 76.3 Å². The van der Waals surface area contributed by atoms with E-state index in [2.05, 4.69) is 50.3 Å². The van der Waals surface area contributed by atoms with E-state index in [1.807, 2.05) is 24.4 Å². The Morgan fingerprint density at radius 3 is 2.89 bits per heavy atom. The summed E-state index contributed by atoms with van der Waals surface area (Å²) in [6.45, 7) is 4.54. The van der Waals surface area contributed by atoms with E-state index in [0.29, 0.717) is 0 Å². The lowest BCUT2D eigenvalue weighted by Gasteiger charge is -2.30. The molecule has 0 fully saturated rings. The van der Waals surface area contributed by atoms with Crippen LogP contribution in [0.1, 0.15) is 22.4 Å². The maximum absolute atomic E-state index is 6.07. The second-order valence-corrected chi connectivity index (χ2v) is 7.26. The summed E-state index contributed by atoms with van der Waals surface area (Å²) in [5, 5.41) is 4.25. The zero-order valence-electron chi connectivity index (χ0n) is 15.3. The number of anilines is 2. The fourth-order valence-corrected chi connectivity index (χ4v) is 3.57. The van der Waals surface area contributed by atoms with Crippen molar-refractivity contribution in [1.82, 2.24) is 15.0 Å². The van der Waals surface area contributed by atoms with Crippen LogP contribution in [0.15, 0.2) is 48.9 Å². The first-order valence-electron chi connectivity index (χ1n) is 9.18. The van der Waals surface area contributed by atoms with Crippen LogP contribution in [0.2, 0.25) is 5.02 Å². The number of rotatable bonds is 5. The van der Waals surface area contributed by atoms with Gasteiger partial charge < -0.3 is 10.2 Å². The standard InChI is InChI=1S/C21H22ClN5/c1-15-5-6-20(24-12-15)27-10-8-19-18(13-27)21(26-14-25-19)23-9-7-16-3-2-4-17(22)11-16/h2-6,11-12,14H,7-10,13H2,1H3,(H,23,25,26). The van der Waals surface area contributed by atoms with Crippen molar-refractivity contribution in [2.45, 2.75) is 26.3 Å². The van der Waals surface area contributed by atoms with Crippen LogP contribution in [0, 0.1) is 6.92 Å². The Balaban J connectivity index is 1.47. The molecule has 0 saturated carbocycles. The van der Waals surface area contributed by atoms with Crippen LogP contribution >= 0.6 is 11.6 Å². The SMILES string of the molecule is Cc1ccc(N2CCc3ncnc(NCCc4cccc(Cl)c4)c3C2)nc1. The first-order chi connectivity index (χ1) is 13.2. The number of halogens is 1. The van der Waals surface area contributed by atoms with Gasteiger partial charge in [0.2, 0.25) is 0 Å². The van der Waals surface area contributed by atoms with Crippen molar-refractivity contribution >= 4 is 23.2 Å². The molecule has 6 heteroatoms. The van der Waals surface area contributed by atoms with E-state index in [0.717, 1.165) is 60.4 Å². The van der Waals surface area contributed by atoms with Gasteiger partial charge in [-0.2, -0.15) is 0 Å². The van der Waals surface area contributed by atoms with E-state index in [1.54, 1.807) is 6.33 Å². The van der Waals surface area contributed by atoms with Gasteiger partial charge in [-0.15, -0.1) is 0 Å². The van der Waals surface area contributed by atoms with Crippen molar-refractivity contribution in [3.63, 3.8) is 0 Å². The number of pyridine rings is 1. The molecule has 1 aromatic carbocycles. The molecule has 138 valence electrons. The van der Waals surface area contributed by atoms with Crippen molar-refractivity contribution in [2.75, 3.05) is 23.3 Å². The highest BCUT2D eigenvalue weighted by molar-refractivity contribution is 6.30. The van der Waals surface area contributed by atoms with Gasteiger partial charge in [0.1, 0.15) is 18.0 Å². The third kappa shape index (κ3) is 4.19.